The zero-order valence-corrected chi connectivity index (χ0v) is 65.2. The third kappa shape index (κ3) is 19.0. The van der Waals surface area contributed by atoms with E-state index in [1.54, 1.807) is 47.3 Å². The number of aliphatic hydroxyl groups excluding tert-OH is 4. The maximum atomic E-state index is 14.3. The number of aliphatic hydroxyl groups is 4. The van der Waals surface area contributed by atoms with E-state index in [4.69, 9.17) is 61.0 Å². The number of nitrogens with zero attached hydrogens (tertiary/aromatic N) is 10. The molecule has 7 atom stereocenters. The van der Waals surface area contributed by atoms with Crippen LogP contribution < -0.4 is 32.1 Å². The smallest absolute Gasteiger partial charge is 0.493 e. The number of hydrogen-bond acceptors (Lipinski definition) is 26. The zero-order valence-electron chi connectivity index (χ0n) is 64.4. The van der Waals surface area contributed by atoms with Gasteiger partial charge in [-0.3, -0.25) is 38.9 Å². The average Bonchev–Trinajstić information content (AvgIpc) is 1.66. The summed E-state index contributed by atoms with van der Waals surface area (Å²) in [4.78, 5) is 81.8. The zero-order chi connectivity index (χ0) is 81.4. The molecule has 5 amide bonds. The molecule has 14 rings (SSSR count). The van der Waals surface area contributed by atoms with Crippen molar-refractivity contribution in [1.82, 2.24) is 34.6 Å². The van der Waals surface area contributed by atoms with E-state index < -0.39 is 65.1 Å². The fourth-order valence-electron chi connectivity index (χ4n) is 14.6. The molecule has 8 aromatic rings. The molecule has 0 radical (unpaired) electrons. The van der Waals surface area contributed by atoms with Gasteiger partial charge in [-0.2, -0.15) is 0 Å². The SMILES string of the molecule is COc1cc2c(cc1OCc1cc(COc3cc4c(cc3OC)C(=O)N3Cc5ccccc5C[C@H]3C=N4)cc(C[N+](C)(C)Cc3ccc(OS(=O)(=O)Oc4cc(C(=O)N(C)CCOCCn5cc(COCCOCCN6C(=O)C=CC6=O)nn5)ccc4OC4O[C@H](CO)[C@H](O)[C@H](O)[C@H]4O)cc3)c1)N=C[C@@H]1Cc3ccccc3CN1C2=O. The van der Waals surface area contributed by atoms with Gasteiger partial charge in [0.2, 0.25) is 6.29 Å². The Labute approximate surface area is 668 Å². The summed E-state index contributed by atoms with van der Waals surface area (Å²) in [6.45, 7) is 2.63. The second kappa shape index (κ2) is 35.7. The summed E-state index contributed by atoms with van der Waals surface area (Å²) in [6.07, 6.45) is 0.327. The number of carbonyl (C=O) groups excluding carboxylic acids is 5. The highest BCUT2D eigenvalue weighted by molar-refractivity contribution is 7.82. The average molecular weight is 1610 g/mol. The molecule has 1 saturated heterocycles. The van der Waals surface area contributed by atoms with E-state index in [-0.39, 0.29) is 113 Å². The van der Waals surface area contributed by atoms with Gasteiger partial charge in [-0.05, 0) is 119 Å². The predicted octanol–water partition coefficient (Wildman–Crippen LogP) is 5.92. The largest absolute Gasteiger partial charge is 0.501 e. The van der Waals surface area contributed by atoms with Gasteiger partial charge < -0.3 is 90.6 Å². The lowest BCUT2D eigenvalue weighted by Gasteiger charge is -2.39. The Bertz CT molecular complexity index is 5010. The molecule has 0 saturated carbocycles. The van der Waals surface area contributed by atoms with Gasteiger partial charge in [-0.15, -0.1) is 13.5 Å². The van der Waals surface area contributed by atoms with Crippen molar-refractivity contribution in [3.8, 4) is 40.2 Å². The van der Waals surface area contributed by atoms with Crippen LogP contribution in [0.4, 0.5) is 11.4 Å². The molecule has 0 spiro atoms. The molecule has 6 aliphatic rings. The molecular formula is C83H89N10O22S+. The van der Waals surface area contributed by atoms with Gasteiger partial charge >= 0.3 is 10.4 Å². The minimum atomic E-state index is -5.09. The van der Waals surface area contributed by atoms with Crippen LogP contribution in [0.15, 0.2) is 162 Å². The first-order chi connectivity index (χ1) is 56.0. The number of aromatic nitrogens is 3. The first-order valence-electron chi connectivity index (χ1n) is 37.7. The summed E-state index contributed by atoms with van der Waals surface area (Å²) in [7, 11) is 3.51. The molecule has 116 heavy (non-hydrogen) atoms. The van der Waals surface area contributed by atoms with E-state index >= 15 is 0 Å². The van der Waals surface area contributed by atoms with Crippen LogP contribution in [0.25, 0.3) is 0 Å². The molecule has 7 heterocycles. The van der Waals surface area contributed by atoms with Crippen molar-refractivity contribution in [2.75, 3.05) is 88.1 Å². The molecule has 1 aromatic heterocycles. The van der Waals surface area contributed by atoms with Crippen LogP contribution in [0.5, 0.6) is 40.2 Å². The molecule has 0 bridgehead atoms. The molecule has 4 N–H and O–H groups in total. The summed E-state index contributed by atoms with van der Waals surface area (Å²) in [5.74, 6) is -1.41. The van der Waals surface area contributed by atoms with Gasteiger partial charge in [0, 0.05) is 80.1 Å². The normalized spacial score (nSPS) is 19.4. The molecule has 7 aromatic carbocycles. The summed E-state index contributed by atoms with van der Waals surface area (Å²) in [5, 5.41) is 50.1. The van der Waals surface area contributed by atoms with E-state index in [0.29, 0.717) is 101 Å². The monoisotopic (exact) mass is 1610 g/mol. The van der Waals surface area contributed by atoms with Crippen molar-refractivity contribution in [3.63, 3.8) is 0 Å². The van der Waals surface area contributed by atoms with E-state index in [1.165, 1.54) is 73.7 Å². The molecule has 33 heteroatoms. The number of hydrogen-bond donors (Lipinski definition) is 4. The Kier molecular flexibility index (Phi) is 25.0. The number of fused-ring (bicyclic) bond motifs is 6. The van der Waals surface area contributed by atoms with E-state index in [1.807, 2.05) is 90.9 Å². The minimum absolute atomic E-state index is 0.0527. The second-order valence-electron chi connectivity index (χ2n) is 29.4. The summed E-state index contributed by atoms with van der Waals surface area (Å²) >= 11 is 0. The maximum Gasteiger partial charge on any atom is 0.501 e. The van der Waals surface area contributed by atoms with E-state index in [0.717, 1.165) is 44.3 Å². The van der Waals surface area contributed by atoms with Crippen LogP contribution >= 0.6 is 0 Å². The lowest BCUT2D eigenvalue weighted by atomic mass is 9.94. The summed E-state index contributed by atoms with van der Waals surface area (Å²) < 4.78 is 94.4. The third-order valence-corrected chi connectivity index (χ3v) is 21.3. The highest BCUT2D eigenvalue weighted by Crippen LogP contribution is 2.42. The van der Waals surface area contributed by atoms with Crippen LogP contribution in [0.3, 0.4) is 0 Å². The van der Waals surface area contributed by atoms with Crippen LogP contribution in [0.2, 0.25) is 0 Å². The lowest BCUT2D eigenvalue weighted by molar-refractivity contribution is -0.916. The summed E-state index contributed by atoms with van der Waals surface area (Å²) in [5.41, 5.74) is 9.86. The van der Waals surface area contributed by atoms with Crippen molar-refractivity contribution in [1.29, 1.82) is 0 Å². The van der Waals surface area contributed by atoms with Crippen molar-refractivity contribution in [3.05, 3.63) is 219 Å². The highest BCUT2D eigenvalue weighted by Gasteiger charge is 2.46. The first-order valence-corrected chi connectivity index (χ1v) is 39.0. The van der Waals surface area contributed by atoms with Crippen molar-refractivity contribution in [2.24, 2.45) is 9.98 Å². The topological polar surface area (TPSA) is 370 Å². The third-order valence-electron chi connectivity index (χ3n) is 20.6. The number of methoxy groups -OCH3 is 2. The Hall–Kier alpha value is -11.5. The van der Waals surface area contributed by atoms with Gasteiger partial charge in [0.15, 0.2) is 34.5 Å². The molecule has 32 nitrogen and oxygen atoms in total. The standard InChI is InChI=1S/C83H89N10O22S/c1-88(22-25-107-26-23-89-44-60(86-87-89)50-109-29-28-108-27-24-90-75(95)20-21-76(90)96)80(100)57-16-19-68(112-83-79(99)78(98)77(97)74(47-94)113-83)73(35-57)115-116(103,104)114-63-17-14-51(15-18-63)45-93(2,3)46-52-30-53(48-110-71-38-66-64(36-69(71)105-4)81(101)91-42-58-12-8-6-10-55(58)33-61(91)40-84-66)32-54(31-52)49-111-72-39-67-65(37-70(72)106-5)82(102)92-43-59-13-9-7-11-56(59)34-62(92)41-85-67/h6-21,30-32,35-41,44,61-62,74,77-79,83,94,97-99H,22-29,33-34,42-43,45-50H2,1-5H3/q+1/t61-,62-,74+,77-,78-,79+,83?/m0/s1. The fraction of sp³-hybridized carbons (Fsp3) is 0.361. The number of benzene rings is 7. The van der Waals surface area contributed by atoms with Gasteiger partial charge in [0.05, 0.1) is 128 Å². The number of quaternary nitrogens is 1. The van der Waals surface area contributed by atoms with Gasteiger partial charge in [0.25, 0.3) is 29.5 Å². The van der Waals surface area contributed by atoms with Crippen LogP contribution in [-0.4, -0.2) is 241 Å². The number of ether oxygens (including phenoxy) is 9. The molecule has 1 fully saturated rings. The predicted molar refractivity (Wildman–Crippen MR) is 416 cm³/mol. The number of likely N-dealkylation sites (N-methyl/N-ethyl adjacent to an activating group) is 1. The molecule has 0 aliphatic carbocycles. The van der Waals surface area contributed by atoms with Gasteiger partial charge in [0.1, 0.15) is 62.2 Å². The quantitative estimate of drug-likeness (QED) is 0.0206. The molecule has 608 valence electrons. The fourth-order valence-corrected chi connectivity index (χ4v) is 15.3. The maximum absolute atomic E-state index is 14.3. The van der Waals surface area contributed by atoms with Crippen LogP contribution in [0.1, 0.15) is 81.3 Å². The van der Waals surface area contributed by atoms with Crippen molar-refractivity contribution in [2.45, 2.75) is 108 Å². The summed E-state index contributed by atoms with van der Waals surface area (Å²) in [6, 6.07) is 38.4. The molecule has 1 unspecified atom stereocenters. The van der Waals surface area contributed by atoms with Crippen molar-refractivity contribution < 1.29 is 108 Å². The Morgan fingerprint density at radius 2 is 1.15 bits per heavy atom. The molecule has 6 aliphatic heterocycles. The first kappa shape index (κ1) is 81.1. The van der Waals surface area contributed by atoms with Crippen LogP contribution in [-0.2, 0) is 104 Å². The Morgan fingerprint density at radius 1 is 0.586 bits per heavy atom. The van der Waals surface area contributed by atoms with Crippen molar-refractivity contribution >= 4 is 63.7 Å². The Balaban J connectivity index is 0.637. The number of aliphatic imine (C=N–C) groups is 2. The van der Waals surface area contributed by atoms with E-state index in [9.17, 15) is 52.8 Å². The molecular weight excluding hydrogens is 1520 g/mol. The van der Waals surface area contributed by atoms with Crippen LogP contribution in [0, 0.1) is 0 Å². The van der Waals surface area contributed by atoms with Gasteiger partial charge in [-0.1, -0.05) is 53.7 Å². The minimum Gasteiger partial charge on any atom is -0.493 e. The van der Waals surface area contributed by atoms with E-state index in [2.05, 4.69) is 22.4 Å². The number of amides is 5. The number of rotatable bonds is 34. The lowest BCUT2D eigenvalue weighted by Crippen LogP contribution is -2.60. The number of carbonyl (C=O) groups is 5. The Morgan fingerprint density at radius 3 is 1.74 bits per heavy atom. The highest BCUT2D eigenvalue weighted by atomic mass is 32.3. The van der Waals surface area contributed by atoms with Gasteiger partial charge in [-0.25, -0.2) is 4.68 Å². The number of imide groups is 1. The second-order valence-corrected chi connectivity index (χ2v) is 30.5.